The molecule has 3 rings (SSSR count). The lowest BCUT2D eigenvalue weighted by atomic mass is 10.0. The summed E-state index contributed by atoms with van der Waals surface area (Å²) in [5.41, 5.74) is 3.80. The van der Waals surface area contributed by atoms with Crippen LogP contribution in [0.2, 0.25) is 0 Å². The van der Waals surface area contributed by atoms with E-state index in [2.05, 4.69) is 17.6 Å². The topological polar surface area (TPSA) is 61.4 Å². The summed E-state index contributed by atoms with van der Waals surface area (Å²) in [6, 6.07) is 27.4. The normalized spacial score (nSPS) is 12.9. The molecule has 0 aliphatic heterocycles. The first-order valence-electron chi connectivity index (χ1n) is 9.99. The summed E-state index contributed by atoms with van der Waals surface area (Å²) in [6.07, 6.45) is 0.308. The molecule has 3 aromatic carbocycles. The second-order valence-corrected chi connectivity index (χ2v) is 7.31. The van der Waals surface area contributed by atoms with Gasteiger partial charge in [-0.2, -0.15) is 0 Å². The molecule has 2 atom stereocenters. The number of hydrogen-bond acceptors (Lipinski definition) is 3. The fraction of sp³-hybridized carbons (Fsp3) is 0.240. The minimum Gasteiger partial charge on any atom is -0.387 e. The molecule has 0 saturated heterocycles. The third-order valence-electron chi connectivity index (χ3n) is 4.90. The van der Waals surface area contributed by atoms with Gasteiger partial charge in [0.2, 0.25) is 0 Å². The molecule has 0 spiro atoms. The van der Waals surface area contributed by atoms with E-state index in [1.165, 1.54) is 0 Å². The van der Waals surface area contributed by atoms with Gasteiger partial charge in [-0.05, 0) is 42.2 Å². The lowest BCUT2D eigenvalue weighted by molar-refractivity contribution is 0.0951. The van der Waals surface area contributed by atoms with Crippen molar-refractivity contribution in [2.24, 2.45) is 0 Å². The highest BCUT2D eigenvalue weighted by atomic mass is 16.3. The molecule has 150 valence electrons. The number of rotatable bonds is 9. The number of carbonyl (C=O) groups excluding carboxylic acids is 1. The Morgan fingerprint density at radius 2 is 1.48 bits per heavy atom. The maximum Gasteiger partial charge on any atom is 0.251 e. The number of aliphatic hydroxyl groups is 1. The van der Waals surface area contributed by atoms with Crippen LogP contribution in [0.3, 0.4) is 0 Å². The summed E-state index contributed by atoms with van der Waals surface area (Å²) in [7, 11) is 0. The molecule has 4 heteroatoms. The zero-order valence-electron chi connectivity index (χ0n) is 16.7. The number of nitrogens with one attached hydrogen (secondary N) is 2. The van der Waals surface area contributed by atoms with Crippen molar-refractivity contribution in [3.05, 3.63) is 107 Å². The number of carbonyl (C=O) groups is 1. The Bertz CT molecular complexity index is 880. The van der Waals surface area contributed by atoms with Crippen LogP contribution in [0, 0.1) is 0 Å². The molecule has 3 aromatic rings. The van der Waals surface area contributed by atoms with Crippen LogP contribution < -0.4 is 10.6 Å². The van der Waals surface area contributed by atoms with E-state index in [1.807, 2.05) is 84.9 Å². The Kier molecular flexibility index (Phi) is 7.56. The van der Waals surface area contributed by atoms with Gasteiger partial charge >= 0.3 is 0 Å². The van der Waals surface area contributed by atoms with Gasteiger partial charge in [-0.15, -0.1) is 0 Å². The molecule has 0 aliphatic rings. The zero-order valence-corrected chi connectivity index (χ0v) is 16.7. The first-order chi connectivity index (χ1) is 14.1. The Balaban J connectivity index is 1.45. The minimum absolute atomic E-state index is 0.0717. The van der Waals surface area contributed by atoms with Gasteiger partial charge in [0, 0.05) is 24.7 Å². The van der Waals surface area contributed by atoms with Gasteiger partial charge in [0.25, 0.3) is 5.91 Å². The highest BCUT2D eigenvalue weighted by Crippen LogP contribution is 2.12. The lowest BCUT2D eigenvalue weighted by Crippen LogP contribution is -2.32. The van der Waals surface area contributed by atoms with Crippen LogP contribution in [0.5, 0.6) is 0 Å². The largest absolute Gasteiger partial charge is 0.387 e. The van der Waals surface area contributed by atoms with Crippen molar-refractivity contribution in [1.82, 2.24) is 10.6 Å². The monoisotopic (exact) mass is 388 g/mol. The van der Waals surface area contributed by atoms with E-state index in [0.29, 0.717) is 18.7 Å². The van der Waals surface area contributed by atoms with Crippen LogP contribution in [0.15, 0.2) is 84.9 Å². The predicted octanol–water partition coefficient (Wildman–Crippen LogP) is 3.87. The Hall–Kier alpha value is -2.95. The molecule has 1 amide bonds. The van der Waals surface area contributed by atoms with E-state index in [1.54, 1.807) is 0 Å². The minimum atomic E-state index is -0.519. The predicted molar refractivity (Wildman–Crippen MR) is 117 cm³/mol. The smallest absolute Gasteiger partial charge is 0.251 e. The second-order valence-electron chi connectivity index (χ2n) is 7.31. The summed E-state index contributed by atoms with van der Waals surface area (Å²) in [6.45, 7) is 3.12. The molecular formula is C25H28N2O2. The average molecular weight is 389 g/mol. The highest BCUT2D eigenvalue weighted by Gasteiger charge is 2.10. The van der Waals surface area contributed by atoms with E-state index in [0.717, 1.165) is 23.1 Å². The van der Waals surface area contributed by atoms with Crippen molar-refractivity contribution >= 4 is 5.91 Å². The lowest BCUT2D eigenvalue weighted by Gasteiger charge is -2.17. The molecule has 0 saturated carbocycles. The van der Waals surface area contributed by atoms with Crippen molar-refractivity contribution in [3.63, 3.8) is 0 Å². The third-order valence-corrected chi connectivity index (χ3v) is 4.90. The summed E-state index contributed by atoms with van der Waals surface area (Å²) >= 11 is 0. The van der Waals surface area contributed by atoms with Crippen molar-refractivity contribution in [3.8, 4) is 0 Å². The molecule has 0 aliphatic carbocycles. The van der Waals surface area contributed by atoms with Crippen LogP contribution >= 0.6 is 0 Å². The maximum atomic E-state index is 12.3. The van der Waals surface area contributed by atoms with Gasteiger partial charge in [0.15, 0.2) is 0 Å². The first-order valence-corrected chi connectivity index (χ1v) is 9.99. The van der Waals surface area contributed by atoms with Gasteiger partial charge in [0.05, 0.1) is 6.10 Å². The molecule has 0 fully saturated rings. The molecule has 0 heterocycles. The zero-order chi connectivity index (χ0) is 20.5. The number of benzene rings is 3. The second kappa shape index (κ2) is 10.6. The summed E-state index contributed by atoms with van der Waals surface area (Å²) in [5.74, 6) is -0.0717. The molecule has 0 aromatic heterocycles. The van der Waals surface area contributed by atoms with Crippen molar-refractivity contribution in [2.75, 3.05) is 6.54 Å². The van der Waals surface area contributed by atoms with Gasteiger partial charge in [-0.3, -0.25) is 4.79 Å². The molecule has 0 bridgehead atoms. The third kappa shape index (κ3) is 6.56. The summed E-state index contributed by atoms with van der Waals surface area (Å²) in [4.78, 5) is 12.3. The van der Waals surface area contributed by atoms with Crippen LogP contribution in [0.25, 0.3) is 0 Å². The fourth-order valence-electron chi connectivity index (χ4n) is 3.20. The first kappa shape index (κ1) is 20.8. The van der Waals surface area contributed by atoms with Crippen molar-refractivity contribution in [2.45, 2.75) is 32.0 Å². The van der Waals surface area contributed by atoms with Crippen LogP contribution in [-0.4, -0.2) is 23.6 Å². The summed E-state index contributed by atoms with van der Waals surface area (Å²) < 4.78 is 0. The van der Waals surface area contributed by atoms with E-state index in [4.69, 9.17) is 0 Å². The van der Waals surface area contributed by atoms with Gasteiger partial charge in [-0.1, -0.05) is 72.8 Å². The van der Waals surface area contributed by atoms with Crippen LogP contribution in [-0.2, 0) is 13.0 Å². The fourth-order valence-corrected chi connectivity index (χ4v) is 3.20. The van der Waals surface area contributed by atoms with E-state index < -0.39 is 6.10 Å². The number of hydrogen-bond donors (Lipinski definition) is 3. The molecule has 29 heavy (non-hydrogen) atoms. The van der Waals surface area contributed by atoms with Crippen LogP contribution in [0.1, 0.15) is 40.1 Å². The molecule has 4 nitrogen and oxygen atoms in total. The van der Waals surface area contributed by atoms with E-state index in [-0.39, 0.29) is 11.9 Å². The summed E-state index contributed by atoms with van der Waals surface area (Å²) in [5, 5.41) is 16.6. The highest BCUT2D eigenvalue weighted by molar-refractivity contribution is 5.94. The van der Waals surface area contributed by atoms with E-state index in [9.17, 15) is 9.90 Å². The van der Waals surface area contributed by atoms with Crippen molar-refractivity contribution in [1.29, 1.82) is 0 Å². The van der Waals surface area contributed by atoms with Gasteiger partial charge in [-0.25, -0.2) is 0 Å². The molecule has 3 N–H and O–H groups in total. The average Bonchev–Trinajstić information content (AvgIpc) is 2.77. The van der Waals surface area contributed by atoms with Crippen molar-refractivity contribution < 1.29 is 9.90 Å². The standard InChI is InChI=1S/C25H28N2O2/c1-19(26-18-24(28)22-10-6-3-7-11-22)16-20-12-14-23(15-13-20)25(29)27-17-21-8-4-2-5-9-21/h2-15,19,24,26,28H,16-18H2,1H3,(H,27,29). The molecular weight excluding hydrogens is 360 g/mol. The SMILES string of the molecule is CC(Cc1ccc(C(=O)NCc2ccccc2)cc1)NCC(O)c1ccccc1. The number of amides is 1. The Morgan fingerprint density at radius 3 is 2.14 bits per heavy atom. The molecule has 2 unspecified atom stereocenters. The Labute approximate surface area is 172 Å². The Morgan fingerprint density at radius 1 is 0.862 bits per heavy atom. The quantitative estimate of drug-likeness (QED) is 0.521. The van der Waals surface area contributed by atoms with Gasteiger partial charge < -0.3 is 15.7 Å². The number of aliphatic hydroxyl groups excluding tert-OH is 1. The molecule has 0 radical (unpaired) electrons. The van der Waals surface area contributed by atoms with Gasteiger partial charge in [0.1, 0.15) is 0 Å². The maximum absolute atomic E-state index is 12.3. The van der Waals surface area contributed by atoms with Crippen LogP contribution in [0.4, 0.5) is 0 Å². The van der Waals surface area contributed by atoms with E-state index >= 15 is 0 Å².